The predicted octanol–water partition coefficient (Wildman–Crippen LogP) is 9.81. The second-order valence-electron chi connectivity index (χ2n) is 15.4. The lowest BCUT2D eigenvalue weighted by atomic mass is 10.0. The fourth-order valence-electron chi connectivity index (χ4n) is 6.26. The molecule has 0 radical (unpaired) electrons. The lowest BCUT2D eigenvalue weighted by molar-refractivity contribution is -0.0284. The Morgan fingerprint density at radius 2 is 0.250 bits per heavy atom. The van der Waals surface area contributed by atoms with Crippen LogP contribution >= 0.6 is 0 Å². The molecule has 0 aliphatic carbocycles. The largest absolute Gasteiger partial charge is 0.379 e. The Balaban J connectivity index is 3.06. The smallest absolute Gasteiger partial charge is 0.0701 e. The zero-order valence-electron chi connectivity index (χ0n) is 39.4. The summed E-state index contributed by atoms with van der Waals surface area (Å²) in [6.07, 6.45) is 29.8. The van der Waals surface area contributed by atoms with Gasteiger partial charge in [-0.1, -0.05) is 142 Å². The van der Waals surface area contributed by atoms with E-state index in [1.807, 2.05) is 0 Å². The number of ether oxygens (including phenoxy) is 12. The Labute approximate surface area is 369 Å². The van der Waals surface area contributed by atoms with Crippen molar-refractivity contribution >= 4 is 0 Å². The lowest BCUT2D eigenvalue weighted by Crippen LogP contribution is -2.15. The predicted molar refractivity (Wildman–Crippen MR) is 243 cm³/mol. The van der Waals surface area contributed by atoms with Crippen molar-refractivity contribution in [1.29, 1.82) is 0 Å². The van der Waals surface area contributed by atoms with Gasteiger partial charge in [-0.2, -0.15) is 0 Å². The van der Waals surface area contributed by atoms with Gasteiger partial charge in [-0.25, -0.2) is 0 Å². The molecule has 0 atom stereocenters. The third-order valence-electron chi connectivity index (χ3n) is 9.88. The molecule has 362 valence electrons. The fourth-order valence-corrected chi connectivity index (χ4v) is 6.26. The Bertz CT molecular complexity index is 665. The summed E-state index contributed by atoms with van der Waals surface area (Å²) in [6.45, 7) is 18.4. The third-order valence-corrected chi connectivity index (χ3v) is 9.88. The monoisotopic (exact) mass is 867 g/mol. The van der Waals surface area contributed by atoms with Gasteiger partial charge in [0.25, 0.3) is 0 Å². The van der Waals surface area contributed by atoms with Gasteiger partial charge in [0, 0.05) is 13.2 Å². The van der Waals surface area contributed by atoms with Crippen LogP contribution in [0.15, 0.2) is 0 Å². The molecule has 60 heavy (non-hydrogen) atoms. The van der Waals surface area contributed by atoms with E-state index in [0.717, 1.165) is 26.1 Å². The van der Waals surface area contributed by atoms with Crippen molar-refractivity contribution in [3.63, 3.8) is 0 Å². The van der Waals surface area contributed by atoms with Gasteiger partial charge in [0.15, 0.2) is 0 Å². The highest BCUT2D eigenvalue weighted by atomic mass is 16.6. The SMILES string of the molecule is CCCCCCCCCCCCCCCCOCCOCCOCCOCCOCCOCCOCCOCCOCCOCCOCCOCCCCCCCCCC. The molecule has 0 saturated heterocycles. The maximum absolute atomic E-state index is 5.69. The molecule has 12 nitrogen and oxygen atoms in total. The van der Waals surface area contributed by atoms with Crippen LogP contribution in [0.25, 0.3) is 0 Å². The van der Waals surface area contributed by atoms with Gasteiger partial charge in [-0.05, 0) is 12.8 Å². The first-order valence-electron chi connectivity index (χ1n) is 24.8. The summed E-state index contributed by atoms with van der Waals surface area (Å²) in [5.41, 5.74) is 0. The van der Waals surface area contributed by atoms with Crippen molar-refractivity contribution in [1.82, 2.24) is 0 Å². The average Bonchev–Trinajstić information content (AvgIpc) is 3.26. The summed E-state index contributed by atoms with van der Waals surface area (Å²) in [5.74, 6) is 0. The van der Waals surface area contributed by atoms with E-state index in [1.54, 1.807) is 0 Å². The Kier molecular flexibility index (Phi) is 58.1. The average molecular weight is 867 g/mol. The van der Waals surface area contributed by atoms with Crippen LogP contribution in [0.4, 0.5) is 0 Å². The van der Waals surface area contributed by atoms with Crippen LogP contribution < -0.4 is 0 Å². The van der Waals surface area contributed by atoms with E-state index in [9.17, 15) is 0 Å². The van der Waals surface area contributed by atoms with Crippen LogP contribution in [-0.4, -0.2) is 159 Å². The van der Waals surface area contributed by atoms with Gasteiger partial charge < -0.3 is 56.8 Å². The highest BCUT2D eigenvalue weighted by molar-refractivity contribution is 4.50. The quantitative estimate of drug-likeness (QED) is 0.0543. The maximum atomic E-state index is 5.69. The number of rotatable bonds is 57. The zero-order valence-corrected chi connectivity index (χ0v) is 39.4. The van der Waals surface area contributed by atoms with Crippen molar-refractivity contribution in [3.8, 4) is 0 Å². The molecule has 0 fully saturated rings. The topological polar surface area (TPSA) is 111 Å². The van der Waals surface area contributed by atoms with Crippen LogP contribution in [0, 0.1) is 0 Å². The van der Waals surface area contributed by atoms with E-state index in [-0.39, 0.29) is 0 Å². The molecule has 0 rings (SSSR count). The minimum Gasteiger partial charge on any atom is -0.379 e. The van der Waals surface area contributed by atoms with Crippen molar-refractivity contribution < 1.29 is 56.8 Å². The van der Waals surface area contributed by atoms with E-state index >= 15 is 0 Å². The van der Waals surface area contributed by atoms with E-state index < -0.39 is 0 Å². The van der Waals surface area contributed by atoms with Crippen LogP contribution in [0.5, 0.6) is 0 Å². The minimum atomic E-state index is 0.523. The molecule has 0 aromatic heterocycles. The van der Waals surface area contributed by atoms with Crippen LogP contribution in [0.1, 0.15) is 155 Å². The molecule has 0 aliphatic heterocycles. The Morgan fingerprint density at radius 3 is 0.400 bits per heavy atom. The first-order valence-corrected chi connectivity index (χ1v) is 24.8. The van der Waals surface area contributed by atoms with Gasteiger partial charge >= 0.3 is 0 Å². The molecule has 0 unspecified atom stereocenters. The number of hydrogen-bond acceptors (Lipinski definition) is 12. The Hall–Kier alpha value is -0.480. The molecule has 12 heteroatoms. The molecule has 0 amide bonds. The fraction of sp³-hybridized carbons (Fsp3) is 1.00. The molecule has 0 bridgehead atoms. The van der Waals surface area contributed by atoms with Crippen LogP contribution in [-0.2, 0) is 56.8 Å². The minimum absolute atomic E-state index is 0.523. The maximum Gasteiger partial charge on any atom is 0.0701 e. The van der Waals surface area contributed by atoms with Crippen LogP contribution in [0.2, 0.25) is 0 Å². The molecule has 0 saturated carbocycles. The van der Waals surface area contributed by atoms with E-state index in [1.165, 1.54) is 128 Å². The van der Waals surface area contributed by atoms with Gasteiger partial charge in [0.05, 0.1) is 145 Å². The van der Waals surface area contributed by atoms with E-state index in [0.29, 0.717) is 145 Å². The molecule has 0 N–H and O–H groups in total. The second kappa shape index (κ2) is 58.5. The molecular formula is C48H98O12. The molecule has 0 aromatic rings. The summed E-state index contributed by atoms with van der Waals surface area (Å²) in [7, 11) is 0. The standard InChI is InChI=1S/C48H98O12/c1-3-5-7-9-11-13-14-15-16-17-18-20-22-24-26-50-28-30-52-32-34-54-36-38-56-40-42-58-44-46-60-48-47-59-45-43-57-41-39-55-37-35-53-33-31-51-29-27-49-25-23-21-19-12-10-8-6-4-2/h3-48H2,1-2H3. The summed E-state index contributed by atoms with van der Waals surface area (Å²) < 4.78 is 66.8. The van der Waals surface area contributed by atoms with Gasteiger partial charge in [0.1, 0.15) is 0 Å². The molecular weight excluding hydrogens is 769 g/mol. The first-order chi connectivity index (χ1) is 29.9. The summed E-state index contributed by atoms with van der Waals surface area (Å²) >= 11 is 0. The Morgan fingerprint density at radius 1 is 0.133 bits per heavy atom. The van der Waals surface area contributed by atoms with E-state index in [4.69, 9.17) is 56.8 Å². The molecule has 0 heterocycles. The summed E-state index contributed by atoms with van der Waals surface area (Å²) in [6, 6.07) is 0. The zero-order chi connectivity index (χ0) is 43.0. The van der Waals surface area contributed by atoms with Crippen molar-refractivity contribution in [2.45, 2.75) is 155 Å². The van der Waals surface area contributed by atoms with Gasteiger partial charge in [0.2, 0.25) is 0 Å². The van der Waals surface area contributed by atoms with Crippen molar-refractivity contribution in [3.05, 3.63) is 0 Å². The summed E-state index contributed by atoms with van der Waals surface area (Å²) in [4.78, 5) is 0. The van der Waals surface area contributed by atoms with Gasteiger partial charge in [-0.3, -0.25) is 0 Å². The van der Waals surface area contributed by atoms with Gasteiger partial charge in [-0.15, -0.1) is 0 Å². The number of hydrogen-bond donors (Lipinski definition) is 0. The second-order valence-corrected chi connectivity index (χ2v) is 15.4. The number of unbranched alkanes of at least 4 members (excludes halogenated alkanes) is 20. The van der Waals surface area contributed by atoms with E-state index in [2.05, 4.69) is 13.8 Å². The third kappa shape index (κ3) is 57.5. The molecule has 0 aromatic carbocycles. The van der Waals surface area contributed by atoms with Crippen molar-refractivity contribution in [2.75, 3.05) is 159 Å². The molecule has 0 aliphatic rings. The lowest BCUT2D eigenvalue weighted by Gasteiger charge is -2.09. The summed E-state index contributed by atoms with van der Waals surface area (Å²) in [5, 5.41) is 0. The highest BCUT2D eigenvalue weighted by Crippen LogP contribution is 2.13. The molecule has 0 spiro atoms. The van der Waals surface area contributed by atoms with Crippen molar-refractivity contribution in [2.24, 2.45) is 0 Å². The first kappa shape index (κ1) is 59.5. The normalized spacial score (nSPS) is 11.7. The van der Waals surface area contributed by atoms with Crippen LogP contribution in [0.3, 0.4) is 0 Å². The highest BCUT2D eigenvalue weighted by Gasteiger charge is 1.99.